The molecule has 2 rings (SSSR count). The van der Waals surface area contributed by atoms with Crippen LogP contribution in [0, 0.1) is 0 Å². The van der Waals surface area contributed by atoms with Crippen LogP contribution in [0.25, 0.3) is 0 Å². The summed E-state index contributed by atoms with van der Waals surface area (Å²) in [5, 5.41) is 9.71. The summed E-state index contributed by atoms with van der Waals surface area (Å²) in [7, 11) is 0. The van der Waals surface area contributed by atoms with Crippen LogP contribution in [0.1, 0.15) is 59.8 Å². The molecule has 2 amide bonds. The predicted octanol–water partition coefficient (Wildman–Crippen LogP) is 2.16. The molecular weight excluding hydrogens is 266 g/mol. The lowest BCUT2D eigenvalue weighted by Crippen LogP contribution is -2.62. The number of nitrogens with one attached hydrogen (secondary N) is 3. The van der Waals surface area contributed by atoms with Gasteiger partial charge in [0.1, 0.15) is 0 Å². The number of hydrogen-bond donors (Lipinski definition) is 3. The van der Waals surface area contributed by atoms with Gasteiger partial charge in [0.2, 0.25) is 0 Å². The molecule has 0 saturated carbocycles. The van der Waals surface area contributed by atoms with Crippen LogP contribution in [-0.2, 0) is 4.74 Å². The van der Waals surface area contributed by atoms with Crippen molar-refractivity contribution in [3.8, 4) is 0 Å². The molecule has 0 aliphatic carbocycles. The molecular formula is C16H31N3O2. The molecule has 0 spiro atoms. The van der Waals surface area contributed by atoms with Gasteiger partial charge in [-0.15, -0.1) is 0 Å². The molecule has 0 radical (unpaired) electrons. The summed E-state index contributed by atoms with van der Waals surface area (Å²) in [5.41, 5.74) is 0.106. The Morgan fingerprint density at radius 2 is 1.90 bits per heavy atom. The third-order valence-electron chi connectivity index (χ3n) is 4.30. The first-order chi connectivity index (χ1) is 9.76. The maximum absolute atomic E-state index is 12.0. The standard InChI is InChI=1S/C16H31N3O2/c1-15(2)10-12(11-16(3,4)19-15)18-14(20)17-8-7-13-6-5-9-21-13/h12-13,19H,5-11H2,1-4H3,(H2,17,18,20)/t13-/m0/s1. The smallest absolute Gasteiger partial charge is 0.315 e. The molecule has 0 aromatic carbocycles. The summed E-state index contributed by atoms with van der Waals surface area (Å²) in [5.74, 6) is 0. The van der Waals surface area contributed by atoms with Gasteiger partial charge in [0.15, 0.2) is 0 Å². The molecule has 2 heterocycles. The zero-order chi connectivity index (χ0) is 15.5. The first kappa shape index (κ1) is 16.6. The van der Waals surface area contributed by atoms with Crippen LogP contribution in [0.3, 0.4) is 0 Å². The van der Waals surface area contributed by atoms with E-state index in [4.69, 9.17) is 4.74 Å². The van der Waals surface area contributed by atoms with Gasteiger partial charge in [-0.05, 0) is 59.8 Å². The number of carbonyl (C=O) groups excluding carboxylic acids is 1. The highest BCUT2D eigenvalue weighted by Gasteiger charge is 2.38. The van der Waals surface area contributed by atoms with Crippen molar-refractivity contribution >= 4 is 6.03 Å². The zero-order valence-corrected chi connectivity index (χ0v) is 13.9. The zero-order valence-electron chi connectivity index (χ0n) is 13.9. The molecule has 5 nitrogen and oxygen atoms in total. The molecule has 2 aliphatic rings. The van der Waals surface area contributed by atoms with Gasteiger partial charge in [-0.1, -0.05) is 0 Å². The third kappa shape index (κ3) is 5.47. The molecule has 2 saturated heterocycles. The second-order valence-corrected chi connectivity index (χ2v) is 7.82. The Morgan fingerprint density at radius 3 is 2.48 bits per heavy atom. The van der Waals surface area contributed by atoms with Gasteiger partial charge in [-0.25, -0.2) is 4.79 Å². The minimum atomic E-state index is -0.0495. The first-order valence-corrected chi connectivity index (χ1v) is 8.21. The largest absolute Gasteiger partial charge is 0.378 e. The monoisotopic (exact) mass is 297 g/mol. The number of piperidine rings is 1. The highest BCUT2D eigenvalue weighted by Crippen LogP contribution is 2.28. The van der Waals surface area contributed by atoms with Crippen molar-refractivity contribution in [2.24, 2.45) is 0 Å². The summed E-state index contributed by atoms with van der Waals surface area (Å²) >= 11 is 0. The Hall–Kier alpha value is -0.810. The summed E-state index contributed by atoms with van der Waals surface area (Å²) in [4.78, 5) is 12.0. The average molecular weight is 297 g/mol. The van der Waals surface area contributed by atoms with Crippen molar-refractivity contribution in [2.75, 3.05) is 13.2 Å². The third-order valence-corrected chi connectivity index (χ3v) is 4.30. The number of ether oxygens (including phenoxy) is 1. The Kier molecular flexibility index (Phi) is 5.15. The maximum atomic E-state index is 12.0. The van der Waals surface area contributed by atoms with Crippen LogP contribution < -0.4 is 16.0 Å². The molecule has 122 valence electrons. The van der Waals surface area contributed by atoms with Crippen LogP contribution >= 0.6 is 0 Å². The van der Waals surface area contributed by atoms with Crippen molar-refractivity contribution in [3.05, 3.63) is 0 Å². The van der Waals surface area contributed by atoms with E-state index < -0.39 is 0 Å². The Balaban J connectivity index is 1.71. The van der Waals surface area contributed by atoms with Gasteiger partial charge in [-0.2, -0.15) is 0 Å². The number of rotatable bonds is 4. The number of carbonyl (C=O) groups is 1. The van der Waals surface area contributed by atoms with E-state index >= 15 is 0 Å². The minimum Gasteiger partial charge on any atom is -0.378 e. The molecule has 3 N–H and O–H groups in total. The fraction of sp³-hybridized carbons (Fsp3) is 0.938. The highest BCUT2D eigenvalue weighted by molar-refractivity contribution is 5.74. The van der Waals surface area contributed by atoms with Crippen LogP contribution in [0.2, 0.25) is 0 Å². The van der Waals surface area contributed by atoms with Crippen molar-refractivity contribution in [1.29, 1.82) is 0 Å². The summed E-state index contributed by atoms with van der Waals surface area (Å²) in [6.07, 6.45) is 5.43. The Labute approximate surface area is 128 Å². The van der Waals surface area contributed by atoms with E-state index in [1.165, 1.54) is 0 Å². The molecule has 0 bridgehead atoms. The average Bonchev–Trinajstić information content (AvgIpc) is 2.77. The number of amides is 2. The summed E-state index contributed by atoms with van der Waals surface area (Å²) < 4.78 is 5.56. The van der Waals surface area contributed by atoms with Crippen molar-refractivity contribution in [2.45, 2.75) is 83.0 Å². The minimum absolute atomic E-state index is 0.0495. The topological polar surface area (TPSA) is 62.4 Å². The highest BCUT2D eigenvalue weighted by atomic mass is 16.5. The normalized spacial score (nSPS) is 28.3. The van der Waals surface area contributed by atoms with Gasteiger partial charge < -0.3 is 20.7 Å². The van der Waals surface area contributed by atoms with Crippen LogP contribution in [0.4, 0.5) is 4.79 Å². The number of hydrogen-bond acceptors (Lipinski definition) is 3. The molecule has 2 fully saturated rings. The van der Waals surface area contributed by atoms with E-state index in [2.05, 4.69) is 43.6 Å². The Bertz CT molecular complexity index is 347. The van der Waals surface area contributed by atoms with E-state index in [9.17, 15) is 4.79 Å². The molecule has 21 heavy (non-hydrogen) atoms. The molecule has 0 aromatic heterocycles. The lowest BCUT2D eigenvalue weighted by atomic mass is 9.80. The SMILES string of the molecule is CC1(C)CC(NC(=O)NCC[C@@H]2CCCO2)CC(C)(C)N1. The van der Waals surface area contributed by atoms with Crippen LogP contribution in [-0.4, -0.2) is 42.4 Å². The maximum Gasteiger partial charge on any atom is 0.315 e. The molecule has 2 aliphatic heterocycles. The molecule has 1 atom stereocenters. The molecule has 5 heteroatoms. The van der Waals surface area contributed by atoms with Crippen molar-refractivity contribution in [1.82, 2.24) is 16.0 Å². The summed E-state index contributed by atoms with van der Waals surface area (Å²) in [6, 6.07) is 0.172. The fourth-order valence-electron chi connectivity index (χ4n) is 3.88. The van der Waals surface area contributed by atoms with Gasteiger partial charge in [0, 0.05) is 30.3 Å². The van der Waals surface area contributed by atoms with E-state index in [-0.39, 0.29) is 23.2 Å². The lowest BCUT2D eigenvalue weighted by Gasteiger charge is -2.46. The molecule has 0 unspecified atom stereocenters. The van der Waals surface area contributed by atoms with E-state index in [1.54, 1.807) is 0 Å². The van der Waals surface area contributed by atoms with E-state index in [0.29, 0.717) is 12.6 Å². The van der Waals surface area contributed by atoms with E-state index in [0.717, 1.165) is 38.7 Å². The predicted molar refractivity (Wildman–Crippen MR) is 84.4 cm³/mol. The quantitative estimate of drug-likeness (QED) is 0.745. The molecule has 0 aromatic rings. The van der Waals surface area contributed by atoms with Crippen LogP contribution in [0.5, 0.6) is 0 Å². The van der Waals surface area contributed by atoms with Gasteiger partial charge in [0.25, 0.3) is 0 Å². The van der Waals surface area contributed by atoms with Gasteiger partial charge in [0.05, 0.1) is 6.10 Å². The van der Waals surface area contributed by atoms with E-state index in [1.807, 2.05) is 0 Å². The van der Waals surface area contributed by atoms with Gasteiger partial charge in [-0.3, -0.25) is 0 Å². The number of urea groups is 1. The second kappa shape index (κ2) is 6.53. The second-order valence-electron chi connectivity index (χ2n) is 7.82. The summed E-state index contributed by atoms with van der Waals surface area (Å²) in [6.45, 7) is 10.3. The fourth-order valence-corrected chi connectivity index (χ4v) is 3.88. The van der Waals surface area contributed by atoms with Crippen molar-refractivity contribution in [3.63, 3.8) is 0 Å². The van der Waals surface area contributed by atoms with Gasteiger partial charge >= 0.3 is 6.03 Å². The Morgan fingerprint density at radius 1 is 1.24 bits per heavy atom. The van der Waals surface area contributed by atoms with Crippen molar-refractivity contribution < 1.29 is 9.53 Å². The lowest BCUT2D eigenvalue weighted by molar-refractivity contribution is 0.104. The first-order valence-electron chi connectivity index (χ1n) is 8.21. The van der Waals surface area contributed by atoms with Crippen LogP contribution in [0.15, 0.2) is 0 Å².